The highest BCUT2D eigenvalue weighted by Crippen LogP contribution is 2.29. The van der Waals surface area contributed by atoms with Crippen LogP contribution in [0.4, 0.5) is 0 Å². The van der Waals surface area contributed by atoms with E-state index in [-0.39, 0.29) is 24.5 Å². The number of ether oxygens (including phenoxy) is 1. The topological polar surface area (TPSA) is 58.6 Å². The molecule has 0 saturated carbocycles. The molecule has 0 radical (unpaired) electrons. The summed E-state index contributed by atoms with van der Waals surface area (Å²) < 4.78 is 6.62. The Balaban J connectivity index is 2.14. The van der Waals surface area contributed by atoms with E-state index in [1.165, 1.54) is 5.56 Å². The minimum absolute atomic E-state index is 0.0512. The van der Waals surface area contributed by atoms with Gasteiger partial charge in [0, 0.05) is 12.6 Å². The van der Waals surface area contributed by atoms with Crippen molar-refractivity contribution < 1.29 is 14.3 Å². The molecule has 0 aliphatic heterocycles. The van der Waals surface area contributed by atoms with E-state index in [9.17, 15) is 9.59 Å². The SMILES string of the molecule is CC[C@@H](C)NC(=O)[C@@H](C)N(Cc1ccccc1)C(=O)COc1ccc(C(C)C)cc1Br. The van der Waals surface area contributed by atoms with Crippen molar-refractivity contribution in [3.63, 3.8) is 0 Å². The third kappa shape index (κ3) is 7.39. The Morgan fingerprint density at radius 3 is 2.32 bits per heavy atom. The van der Waals surface area contributed by atoms with Crippen LogP contribution in [0.2, 0.25) is 0 Å². The lowest BCUT2D eigenvalue weighted by atomic mass is 10.0. The minimum Gasteiger partial charge on any atom is -0.483 e. The van der Waals surface area contributed by atoms with E-state index in [1.807, 2.05) is 62.4 Å². The summed E-state index contributed by atoms with van der Waals surface area (Å²) in [6, 6.07) is 15.0. The molecule has 0 aliphatic carbocycles. The molecule has 0 spiro atoms. The van der Waals surface area contributed by atoms with Gasteiger partial charge in [-0.15, -0.1) is 0 Å². The van der Waals surface area contributed by atoms with Gasteiger partial charge in [0.25, 0.3) is 5.91 Å². The maximum atomic E-state index is 13.1. The first-order valence-corrected chi connectivity index (χ1v) is 11.6. The molecule has 5 nitrogen and oxygen atoms in total. The minimum atomic E-state index is -0.614. The molecular formula is C25H33BrN2O3. The summed E-state index contributed by atoms with van der Waals surface area (Å²) in [7, 11) is 0. The van der Waals surface area contributed by atoms with Crippen LogP contribution < -0.4 is 10.1 Å². The molecule has 0 aromatic heterocycles. The first kappa shape index (κ1) is 24.9. The van der Waals surface area contributed by atoms with Crippen LogP contribution in [0.5, 0.6) is 5.75 Å². The quantitative estimate of drug-likeness (QED) is 0.494. The number of nitrogens with one attached hydrogen (secondary N) is 1. The summed E-state index contributed by atoms with van der Waals surface area (Å²) in [4.78, 5) is 27.4. The summed E-state index contributed by atoms with van der Waals surface area (Å²) in [5.41, 5.74) is 2.15. The van der Waals surface area contributed by atoms with Gasteiger partial charge in [-0.25, -0.2) is 0 Å². The first-order valence-electron chi connectivity index (χ1n) is 10.8. The number of benzene rings is 2. The third-order valence-corrected chi connectivity index (χ3v) is 5.96. The predicted molar refractivity (Wildman–Crippen MR) is 128 cm³/mol. The van der Waals surface area contributed by atoms with Gasteiger partial charge < -0.3 is 15.0 Å². The van der Waals surface area contributed by atoms with Crippen molar-refractivity contribution in [2.24, 2.45) is 0 Å². The fourth-order valence-corrected chi connectivity index (χ4v) is 3.55. The normalized spacial score (nSPS) is 12.9. The second-order valence-electron chi connectivity index (χ2n) is 8.13. The zero-order chi connectivity index (χ0) is 23.0. The zero-order valence-corrected chi connectivity index (χ0v) is 20.6. The smallest absolute Gasteiger partial charge is 0.261 e. The highest BCUT2D eigenvalue weighted by Gasteiger charge is 2.27. The van der Waals surface area contributed by atoms with Gasteiger partial charge >= 0.3 is 0 Å². The van der Waals surface area contributed by atoms with Crippen molar-refractivity contribution in [1.82, 2.24) is 10.2 Å². The van der Waals surface area contributed by atoms with Crippen molar-refractivity contribution >= 4 is 27.7 Å². The fraction of sp³-hybridized carbons (Fsp3) is 0.440. The van der Waals surface area contributed by atoms with Crippen LogP contribution in [-0.2, 0) is 16.1 Å². The standard InChI is InChI=1S/C25H33BrN2O3/c1-6-18(4)27-25(30)19(5)28(15-20-10-8-7-9-11-20)24(29)16-31-23-13-12-21(17(2)3)14-22(23)26/h7-14,17-19H,6,15-16H2,1-5H3,(H,27,30)/t18-,19-/m1/s1. The Labute approximate surface area is 194 Å². The first-order chi connectivity index (χ1) is 14.7. The largest absolute Gasteiger partial charge is 0.483 e. The Morgan fingerprint density at radius 2 is 1.74 bits per heavy atom. The molecule has 2 aromatic rings. The number of nitrogens with zero attached hydrogens (tertiary/aromatic N) is 1. The van der Waals surface area contributed by atoms with Crippen LogP contribution in [0.1, 0.15) is 58.1 Å². The highest BCUT2D eigenvalue weighted by atomic mass is 79.9. The summed E-state index contributed by atoms with van der Waals surface area (Å²) in [5, 5.41) is 2.97. The van der Waals surface area contributed by atoms with Crippen LogP contribution >= 0.6 is 15.9 Å². The van der Waals surface area contributed by atoms with Gasteiger partial charge in [0.15, 0.2) is 6.61 Å². The summed E-state index contributed by atoms with van der Waals surface area (Å²) >= 11 is 3.53. The van der Waals surface area contributed by atoms with Gasteiger partial charge in [-0.3, -0.25) is 9.59 Å². The van der Waals surface area contributed by atoms with Crippen LogP contribution in [0.15, 0.2) is 53.0 Å². The van der Waals surface area contributed by atoms with Gasteiger partial charge in [0.05, 0.1) is 4.47 Å². The third-order valence-electron chi connectivity index (χ3n) is 5.34. The fourth-order valence-electron chi connectivity index (χ4n) is 3.04. The number of rotatable bonds is 10. The van der Waals surface area contributed by atoms with Crippen LogP contribution in [0, 0.1) is 0 Å². The highest BCUT2D eigenvalue weighted by molar-refractivity contribution is 9.10. The lowest BCUT2D eigenvalue weighted by Gasteiger charge is -2.29. The Hall–Kier alpha value is -2.34. The molecule has 2 amide bonds. The molecule has 0 heterocycles. The van der Waals surface area contributed by atoms with E-state index < -0.39 is 6.04 Å². The number of hydrogen-bond donors (Lipinski definition) is 1. The van der Waals surface area contributed by atoms with Crippen molar-refractivity contribution in [2.75, 3.05) is 6.61 Å². The molecule has 2 atom stereocenters. The Kier molecular flexibility index (Phi) is 9.56. The van der Waals surface area contributed by atoms with Gasteiger partial charge in [-0.2, -0.15) is 0 Å². The zero-order valence-electron chi connectivity index (χ0n) is 19.0. The average Bonchev–Trinajstić information content (AvgIpc) is 2.76. The van der Waals surface area contributed by atoms with E-state index in [4.69, 9.17) is 4.74 Å². The molecule has 2 rings (SSSR count). The van der Waals surface area contributed by atoms with Gasteiger partial charge in [-0.1, -0.05) is 57.2 Å². The maximum Gasteiger partial charge on any atom is 0.261 e. The second-order valence-corrected chi connectivity index (χ2v) is 8.99. The predicted octanol–water partition coefficient (Wildman–Crippen LogP) is 5.28. The maximum absolute atomic E-state index is 13.1. The van der Waals surface area contributed by atoms with Gasteiger partial charge in [0.1, 0.15) is 11.8 Å². The van der Waals surface area contributed by atoms with Crippen molar-refractivity contribution in [3.05, 3.63) is 64.1 Å². The lowest BCUT2D eigenvalue weighted by Crippen LogP contribution is -2.50. The number of carbonyl (C=O) groups excluding carboxylic acids is 2. The molecule has 0 fully saturated rings. The van der Waals surface area contributed by atoms with Crippen molar-refractivity contribution in [2.45, 2.75) is 65.6 Å². The molecule has 1 N–H and O–H groups in total. The van der Waals surface area contributed by atoms with Crippen molar-refractivity contribution in [1.29, 1.82) is 0 Å². The Bertz CT molecular complexity index is 870. The Morgan fingerprint density at radius 1 is 1.06 bits per heavy atom. The molecule has 2 aromatic carbocycles. The lowest BCUT2D eigenvalue weighted by molar-refractivity contribution is -0.142. The molecule has 0 aliphatic rings. The van der Waals surface area contributed by atoms with Gasteiger partial charge in [0.2, 0.25) is 5.91 Å². The van der Waals surface area contributed by atoms with E-state index in [0.29, 0.717) is 18.2 Å². The van der Waals surface area contributed by atoms with E-state index >= 15 is 0 Å². The number of amides is 2. The summed E-state index contributed by atoms with van der Waals surface area (Å²) in [5.74, 6) is 0.601. The van der Waals surface area contributed by atoms with Crippen LogP contribution in [0.3, 0.4) is 0 Å². The van der Waals surface area contributed by atoms with E-state index in [1.54, 1.807) is 11.8 Å². The van der Waals surface area contributed by atoms with E-state index in [2.05, 4.69) is 35.1 Å². The van der Waals surface area contributed by atoms with Crippen LogP contribution in [-0.4, -0.2) is 35.4 Å². The van der Waals surface area contributed by atoms with Gasteiger partial charge in [-0.05, 0) is 65.4 Å². The van der Waals surface area contributed by atoms with Crippen molar-refractivity contribution in [3.8, 4) is 5.75 Å². The number of hydrogen-bond acceptors (Lipinski definition) is 3. The van der Waals surface area contributed by atoms with Crippen LogP contribution in [0.25, 0.3) is 0 Å². The molecule has 0 unspecified atom stereocenters. The molecule has 6 heteroatoms. The molecule has 168 valence electrons. The number of halogens is 1. The molecule has 0 saturated heterocycles. The monoisotopic (exact) mass is 488 g/mol. The average molecular weight is 489 g/mol. The molecular weight excluding hydrogens is 456 g/mol. The summed E-state index contributed by atoms with van der Waals surface area (Å²) in [6.07, 6.45) is 0.828. The second kappa shape index (κ2) is 11.9. The number of carbonyl (C=O) groups is 2. The summed E-state index contributed by atoms with van der Waals surface area (Å²) in [6.45, 7) is 10.2. The molecule has 31 heavy (non-hydrogen) atoms. The van der Waals surface area contributed by atoms with E-state index in [0.717, 1.165) is 16.5 Å². The molecule has 0 bridgehead atoms.